The van der Waals surface area contributed by atoms with Crippen LogP contribution in [0.5, 0.6) is 11.5 Å². The zero-order valence-corrected chi connectivity index (χ0v) is 16.7. The molecule has 1 aliphatic rings. The van der Waals surface area contributed by atoms with Gasteiger partial charge in [-0.05, 0) is 55.7 Å². The molecule has 1 fully saturated rings. The molecule has 0 radical (unpaired) electrons. The van der Waals surface area contributed by atoms with Crippen molar-refractivity contribution in [3.63, 3.8) is 0 Å². The van der Waals surface area contributed by atoms with E-state index >= 15 is 0 Å². The van der Waals surface area contributed by atoms with E-state index in [0.717, 1.165) is 36.0 Å². The van der Waals surface area contributed by atoms with Crippen LogP contribution in [0.25, 0.3) is 0 Å². The Kier molecular flexibility index (Phi) is 7.00. The first kappa shape index (κ1) is 19.9. The maximum atomic E-state index is 12.2. The van der Waals surface area contributed by atoms with Crippen molar-refractivity contribution in [2.24, 2.45) is 0 Å². The minimum Gasteiger partial charge on any atom is -0.497 e. The summed E-state index contributed by atoms with van der Waals surface area (Å²) in [6.07, 6.45) is 4.18. The number of amides is 1. The summed E-state index contributed by atoms with van der Waals surface area (Å²) in [7, 11) is 3.24. The number of methoxy groups -OCH3 is 2. The second-order valence-corrected chi connectivity index (χ2v) is 6.89. The average Bonchev–Trinajstić information content (AvgIpc) is 2.74. The van der Waals surface area contributed by atoms with E-state index in [4.69, 9.17) is 9.47 Å². The summed E-state index contributed by atoms with van der Waals surface area (Å²) in [5.41, 5.74) is 2.86. The molecule has 1 saturated heterocycles. The second kappa shape index (κ2) is 9.88. The predicted molar refractivity (Wildman–Crippen MR) is 114 cm³/mol. The zero-order chi connectivity index (χ0) is 19.8. The number of anilines is 3. The zero-order valence-electron chi connectivity index (χ0n) is 16.7. The van der Waals surface area contributed by atoms with Crippen molar-refractivity contribution in [2.45, 2.75) is 25.7 Å². The van der Waals surface area contributed by atoms with Gasteiger partial charge in [-0.25, -0.2) is 0 Å². The number of rotatable bonds is 8. The Bertz CT molecular complexity index is 771. The number of nitrogens with zero attached hydrogens (tertiary/aromatic N) is 1. The lowest BCUT2D eigenvalue weighted by molar-refractivity contribution is -0.115. The Morgan fingerprint density at radius 3 is 2.43 bits per heavy atom. The second-order valence-electron chi connectivity index (χ2n) is 6.89. The molecule has 1 heterocycles. The normalized spacial score (nSPS) is 13.7. The van der Waals surface area contributed by atoms with E-state index in [-0.39, 0.29) is 5.91 Å². The van der Waals surface area contributed by atoms with Crippen molar-refractivity contribution in [3.05, 3.63) is 42.5 Å². The van der Waals surface area contributed by atoms with Gasteiger partial charge < -0.3 is 25.0 Å². The van der Waals surface area contributed by atoms with Crippen molar-refractivity contribution < 1.29 is 14.3 Å². The van der Waals surface area contributed by atoms with Gasteiger partial charge in [0.2, 0.25) is 5.91 Å². The van der Waals surface area contributed by atoms with Gasteiger partial charge in [0.25, 0.3) is 0 Å². The van der Waals surface area contributed by atoms with E-state index in [2.05, 4.69) is 27.7 Å². The molecule has 3 rings (SSSR count). The van der Waals surface area contributed by atoms with Gasteiger partial charge in [-0.1, -0.05) is 0 Å². The molecule has 6 heteroatoms. The van der Waals surface area contributed by atoms with E-state index in [9.17, 15) is 4.79 Å². The van der Waals surface area contributed by atoms with Crippen molar-refractivity contribution >= 4 is 23.0 Å². The van der Waals surface area contributed by atoms with Gasteiger partial charge in [-0.3, -0.25) is 4.79 Å². The van der Waals surface area contributed by atoms with E-state index in [1.54, 1.807) is 14.2 Å². The van der Waals surface area contributed by atoms with Crippen LogP contribution in [-0.2, 0) is 4.79 Å². The van der Waals surface area contributed by atoms with E-state index in [1.807, 2.05) is 30.3 Å². The lowest BCUT2D eigenvalue weighted by Crippen LogP contribution is -2.29. The molecule has 2 aromatic rings. The first-order valence-electron chi connectivity index (χ1n) is 9.80. The van der Waals surface area contributed by atoms with Crippen LogP contribution in [-0.4, -0.2) is 39.8 Å². The Morgan fingerprint density at radius 2 is 1.75 bits per heavy atom. The van der Waals surface area contributed by atoms with E-state index < -0.39 is 0 Å². The fraction of sp³-hybridized carbons (Fsp3) is 0.409. The largest absolute Gasteiger partial charge is 0.497 e. The Hall–Kier alpha value is -2.89. The number of ether oxygens (including phenoxy) is 2. The maximum Gasteiger partial charge on any atom is 0.226 e. The highest BCUT2D eigenvalue weighted by Crippen LogP contribution is 2.28. The highest BCUT2D eigenvalue weighted by Gasteiger charge is 2.11. The van der Waals surface area contributed by atoms with E-state index in [1.165, 1.54) is 24.9 Å². The molecule has 0 spiro atoms. The minimum absolute atomic E-state index is 0.0277. The van der Waals surface area contributed by atoms with Gasteiger partial charge in [0, 0.05) is 43.5 Å². The van der Waals surface area contributed by atoms with Crippen molar-refractivity contribution in [1.82, 2.24) is 0 Å². The number of benzene rings is 2. The summed E-state index contributed by atoms with van der Waals surface area (Å²) < 4.78 is 10.6. The number of hydrogen-bond acceptors (Lipinski definition) is 5. The Balaban J connectivity index is 1.48. The van der Waals surface area contributed by atoms with Crippen LogP contribution in [0.3, 0.4) is 0 Å². The molecule has 0 unspecified atom stereocenters. The van der Waals surface area contributed by atoms with Crippen molar-refractivity contribution in [2.75, 3.05) is 49.4 Å². The lowest BCUT2D eigenvalue weighted by Gasteiger charge is -2.28. The molecular weight excluding hydrogens is 354 g/mol. The van der Waals surface area contributed by atoms with Crippen LogP contribution in [0.1, 0.15) is 25.7 Å². The van der Waals surface area contributed by atoms with Gasteiger partial charge in [-0.15, -0.1) is 0 Å². The van der Waals surface area contributed by atoms with Crippen LogP contribution >= 0.6 is 0 Å². The summed E-state index contributed by atoms with van der Waals surface area (Å²) in [4.78, 5) is 14.7. The summed E-state index contributed by atoms with van der Waals surface area (Å²) in [5.74, 6) is 1.43. The minimum atomic E-state index is -0.0277. The highest BCUT2D eigenvalue weighted by molar-refractivity contribution is 5.91. The quantitative estimate of drug-likeness (QED) is 0.717. The maximum absolute atomic E-state index is 12.2. The molecule has 0 saturated carbocycles. The summed E-state index contributed by atoms with van der Waals surface area (Å²) >= 11 is 0. The molecule has 2 N–H and O–H groups in total. The van der Waals surface area contributed by atoms with Gasteiger partial charge in [0.05, 0.1) is 19.9 Å². The van der Waals surface area contributed by atoms with Crippen LogP contribution in [0.4, 0.5) is 17.1 Å². The third-order valence-electron chi connectivity index (χ3n) is 4.95. The van der Waals surface area contributed by atoms with E-state index in [0.29, 0.717) is 13.0 Å². The predicted octanol–water partition coefficient (Wildman–Crippen LogP) is 4.13. The molecular formula is C22H29N3O3. The molecule has 6 nitrogen and oxygen atoms in total. The van der Waals surface area contributed by atoms with Crippen LogP contribution in [0, 0.1) is 0 Å². The summed E-state index contributed by atoms with van der Waals surface area (Å²) in [6.45, 7) is 2.73. The van der Waals surface area contributed by atoms with Crippen molar-refractivity contribution in [3.8, 4) is 11.5 Å². The highest BCUT2D eigenvalue weighted by atomic mass is 16.5. The number of nitrogens with one attached hydrogen (secondary N) is 2. The van der Waals surface area contributed by atoms with Gasteiger partial charge in [0.15, 0.2) is 0 Å². The topological polar surface area (TPSA) is 62.8 Å². The summed E-state index contributed by atoms with van der Waals surface area (Å²) in [5, 5.41) is 6.19. The number of carbonyl (C=O) groups is 1. The van der Waals surface area contributed by atoms with Crippen molar-refractivity contribution in [1.29, 1.82) is 0 Å². The first-order chi connectivity index (χ1) is 13.7. The molecule has 2 aromatic carbocycles. The molecule has 150 valence electrons. The first-order valence-corrected chi connectivity index (χ1v) is 9.80. The third-order valence-corrected chi connectivity index (χ3v) is 4.95. The van der Waals surface area contributed by atoms with Gasteiger partial charge >= 0.3 is 0 Å². The smallest absolute Gasteiger partial charge is 0.226 e. The molecule has 1 amide bonds. The molecule has 0 bridgehead atoms. The fourth-order valence-electron chi connectivity index (χ4n) is 3.39. The average molecular weight is 383 g/mol. The standard InChI is InChI=1S/C22H29N3O3/c1-27-19-10-11-21(28-2)20(16-19)23-13-12-22(26)24-17-6-8-18(9-7-17)25-14-4-3-5-15-25/h6-11,16,23H,3-5,12-15H2,1-2H3,(H,24,26). The number of carbonyl (C=O) groups excluding carboxylic acids is 1. The number of hydrogen-bond donors (Lipinski definition) is 2. The fourth-order valence-corrected chi connectivity index (χ4v) is 3.39. The van der Waals surface area contributed by atoms with Crippen LogP contribution in [0.2, 0.25) is 0 Å². The Morgan fingerprint density at radius 1 is 1.00 bits per heavy atom. The molecule has 0 aliphatic carbocycles. The number of piperidine rings is 1. The van der Waals surface area contributed by atoms with Gasteiger partial charge in [-0.2, -0.15) is 0 Å². The molecule has 1 aliphatic heterocycles. The molecule has 0 aromatic heterocycles. The Labute approximate surface area is 166 Å². The monoisotopic (exact) mass is 383 g/mol. The van der Waals surface area contributed by atoms with Gasteiger partial charge in [0.1, 0.15) is 11.5 Å². The third kappa shape index (κ3) is 5.31. The SMILES string of the molecule is COc1ccc(OC)c(NCCC(=O)Nc2ccc(N3CCCCC3)cc2)c1. The summed E-state index contributed by atoms with van der Waals surface area (Å²) in [6, 6.07) is 13.6. The van der Waals surface area contributed by atoms with Crippen LogP contribution in [0.15, 0.2) is 42.5 Å². The molecule has 28 heavy (non-hydrogen) atoms. The lowest BCUT2D eigenvalue weighted by atomic mass is 10.1. The van der Waals surface area contributed by atoms with Crippen LogP contribution < -0.4 is 25.0 Å². The molecule has 0 atom stereocenters.